The predicted octanol–water partition coefficient (Wildman–Crippen LogP) is 2.57. The topological polar surface area (TPSA) is 126 Å². The van der Waals surface area contributed by atoms with E-state index in [4.69, 9.17) is 4.74 Å². The molecule has 3 heterocycles. The Hall–Kier alpha value is -3.50. The van der Waals surface area contributed by atoms with Gasteiger partial charge < -0.3 is 10.1 Å². The Labute approximate surface area is 203 Å². The molecule has 2 fully saturated rings. The van der Waals surface area contributed by atoms with Gasteiger partial charge in [-0.3, -0.25) is 20.4 Å². The molecule has 0 spiro atoms. The molecule has 0 saturated carbocycles. The van der Waals surface area contributed by atoms with Crippen LogP contribution in [0, 0.1) is 6.92 Å². The van der Waals surface area contributed by atoms with Crippen LogP contribution in [-0.4, -0.2) is 42.3 Å². The van der Waals surface area contributed by atoms with Crippen LogP contribution in [0.15, 0.2) is 59.5 Å². The highest BCUT2D eigenvalue weighted by Gasteiger charge is 2.65. The third-order valence-electron chi connectivity index (χ3n) is 6.89. The smallest absolute Gasteiger partial charge is 0.322 e. The van der Waals surface area contributed by atoms with Gasteiger partial charge >= 0.3 is 6.03 Å². The summed E-state index contributed by atoms with van der Waals surface area (Å²) in [6.45, 7) is 4.09. The van der Waals surface area contributed by atoms with E-state index < -0.39 is 32.2 Å². The third-order valence-corrected chi connectivity index (χ3v) is 9.45. The molecule has 10 heteroatoms. The minimum Gasteiger partial charge on any atom is -0.489 e. The lowest BCUT2D eigenvalue weighted by Gasteiger charge is -2.40. The molecule has 0 radical (unpaired) electrons. The maximum absolute atomic E-state index is 13.8. The summed E-state index contributed by atoms with van der Waals surface area (Å²) in [4.78, 5) is 27.4. The van der Waals surface area contributed by atoms with Gasteiger partial charge in [0.15, 0.2) is 20.2 Å². The van der Waals surface area contributed by atoms with E-state index in [1.54, 1.807) is 12.1 Å². The molecule has 1 aromatic heterocycles. The van der Waals surface area contributed by atoms with E-state index in [1.807, 2.05) is 37.3 Å². The van der Waals surface area contributed by atoms with Crippen LogP contribution < -0.4 is 20.7 Å². The van der Waals surface area contributed by atoms with Gasteiger partial charge in [0.05, 0.1) is 10.4 Å². The average molecular weight is 495 g/mol. The number of hydrogen-bond acceptors (Lipinski definition) is 7. The predicted molar refractivity (Wildman–Crippen MR) is 129 cm³/mol. The van der Waals surface area contributed by atoms with Crippen LogP contribution in [0.4, 0.5) is 4.79 Å². The Morgan fingerprint density at radius 2 is 1.83 bits per heavy atom. The SMILES string of the molecule is Cc1cc(COc2ccc(S(=O)(=O)[C@@]3([C@]4(C)NC(=O)NC4=O)CCCN3)cc2)c2ccccc2n1. The Bertz CT molecular complexity index is 1430. The van der Waals surface area contributed by atoms with Gasteiger partial charge in [0.1, 0.15) is 12.4 Å². The molecule has 3 aromatic rings. The van der Waals surface area contributed by atoms with E-state index in [1.165, 1.54) is 19.1 Å². The minimum absolute atomic E-state index is 0.0413. The van der Waals surface area contributed by atoms with Crippen molar-refractivity contribution in [2.24, 2.45) is 0 Å². The van der Waals surface area contributed by atoms with Crippen molar-refractivity contribution in [1.29, 1.82) is 0 Å². The number of amides is 3. The molecule has 2 saturated heterocycles. The number of fused-ring (bicyclic) bond motifs is 1. The number of para-hydroxylation sites is 1. The Morgan fingerprint density at radius 1 is 1.09 bits per heavy atom. The number of ether oxygens (including phenoxy) is 1. The largest absolute Gasteiger partial charge is 0.489 e. The van der Waals surface area contributed by atoms with Crippen molar-refractivity contribution in [2.45, 2.75) is 48.6 Å². The lowest BCUT2D eigenvalue weighted by Crippen LogP contribution is -2.70. The first-order valence-corrected chi connectivity index (χ1v) is 12.9. The normalized spacial score (nSPS) is 24.4. The molecule has 0 unspecified atom stereocenters. The number of hydrogen-bond donors (Lipinski definition) is 3. The summed E-state index contributed by atoms with van der Waals surface area (Å²) < 4.78 is 33.6. The van der Waals surface area contributed by atoms with Crippen molar-refractivity contribution < 1.29 is 22.7 Å². The third kappa shape index (κ3) is 3.64. The summed E-state index contributed by atoms with van der Waals surface area (Å²) >= 11 is 0. The number of rotatable bonds is 6. The van der Waals surface area contributed by atoms with Gasteiger partial charge in [-0.05, 0) is 69.6 Å². The fraction of sp³-hybridized carbons (Fsp3) is 0.320. The van der Waals surface area contributed by atoms with E-state index in [0.717, 1.165) is 22.2 Å². The summed E-state index contributed by atoms with van der Waals surface area (Å²) in [6, 6.07) is 15.2. The van der Waals surface area contributed by atoms with Gasteiger partial charge in [0.2, 0.25) is 0 Å². The molecule has 9 nitrogen and oxygen atoms in total. The van der Waals surface area contributed by atoms with E-state index >= 15 is 0 Å². The highest BCUT2D eigenvalue weighted by molar-refractivity contribution is 7.93. The number of urea groups is 1. The quantitative estimate of drug-likeness (QED) is 0.450. The van der Waals surface area contributed by atoms with Gasteiger partial charge in [0.25, 0.3) is 5.91 Å². The van der Waals surface area contributed by atoms with E-state index in [0.29, 0.717) is 25.3 Å². The number of carbonyl (C=O) groups is 2. The molecule has 3 amide bonds. The number of nitrogens with zero attached hydrogens (tertiary/aromatic N) is 1. The van der Waals surface area contributed by atoms with Crippen LogP contribution in [0.5, 0.6) is 5.75 Å². The highest BCUT2D eigenvalue weighted by atomic mass is 32.2. The van der Waals surface area contributed by atoms with Crippen LogP contribution in [0.3, 0.4) is 0 Å². The van der Waals surface area contributed by atoms with Gasteiger partial charge in [-0.2, -0.15) is 0 Å². The van der Waals surface area contributed by atoms with Gasteiger partial charge in [0, 0.05) is 16.6 Å². The van der Waals surface area contributed by atoms with Gasteiger partial charge in [-0.1, -0.05) is 18.2 Å². The molecule has 3 N–H and O–H groups in total. The van der Waals surface area contributed by atoms with E-state index in [-0.39, 0.29) is 11.3 Å². The lowest BCUT2D eigenvalue weighted by molar-refractivity contribution is -0.124. The standard InChI is InChI=1S/C25H26N4O5S/c1-16-14-17(20-6-3-4-7-21(20)27-16)15-34-18-8-10-19(11-9-18)35(32,33)25(12-5-13-26-25)24(2)22(30)28-23(31)29-24/h3-4,6-11,14,26H,5,12-13,15H2,1-2H3,(H2,28,29,30,31)/t24-,25-/m1/s1. The first kappa shape index (κ1) is 23.3. The number of benzene rings is 2. The van der Waals surface area contributed by atoms with Crippen molar-refractivity contribution in [3.63, 3.8) is 0 Å². The molecule has 0 bridgehead atoms. The minimum atomic E-state index is -4.07. The molecule has 5 rings (SSSR count). The van der Waals surface area contributed by atoms with Crippen LogP contribution >= 0.6 is 0 Å². The summed E-state index contributed by atoms with van der Waals surface area (Å²) in [6.07, 6.45) is 0.741. The van der Waals surface area contributed by atoms with Crippen LogP contribution in [0.2, 0.25) is 0 Å². The van der Waals surface area contributed by atoms with Crippen molar-refractivity contribution >= 4 is 32.7 Å². The average Bonchev–Trinajstić information content (AvgIpc) is 3.44. The molecule has 182 valence electrons. The van der Waals surface area contributed by atoms with Crippen molar-refractivity contribution in [1.82, 2.24) is 20.9 Å². The molecular formula is C25H26N4O5S. The first-order valence-electron chi connectivity index (χ1n) is 11.4. The number of aromatic nitrogens is 1. The lowest BCUT2D eigenvalue weighted by atomic mass is 9.90. The molecule has 0 aliphatic carbocycles. The van der Waals surface area contributed by atoms with Gasteiger partial charge in [-0.25, -0.2) is 13.2 Å². The van der Waals surface area contributed by atoms with Gasteiger partial charge in [-0.15, -0.1) is 0 Å². The zero-order valence-corrected chi connectivity index (χ0v) is 20.2. The molecule has 2 aromatic carbocycles. The summed E-state index contributed by atoms with van der Waals surface area (Å²) in [5.74, 6) is -0.158. The van der Waals surface area contributed by atoms with Crippen LogP contribution in [0.1, 0.15) is 31.0 Å². The molecule has 35 heavy (non-hydrogen) atoms. The van der Waals surface area contributed by atoms with Crippen molar-refractivity contribution in [2.75, 3.05) is 6.54 Å². The summed E-state index contributed by atoms with van der Waals surface area (Å²) in [5.41, 5.74) is 1.11. The molecular weight excluding hydrogens is 468 g/mol. The zero-order valence-electron chi connectivity index (χ0n) is 19.4. The Morgan fingerprint density at radius 3 is 2.49 bits per heavy atom. The molecule has 2 aliphatic heterocycles. The number of aryl methyl sites for hydroxylation is 1. The monoisotopic (exact) mass is 494 g/mol. The maximum Gasteiger partial charge on any atom is 0.322 e. The molecule has 2 atom stereocenters. The summed E-state index contributed by atoms with van der Waals surface area (Å²) in [7, 11) is -4.07. The highest BCUT2D eigenvalue weighted by Crippen LogP contribution is 2.41. The Kier molecular flexibility index (Phi) is 5.52. The van der Waals surface area contributed by atoms with Crippen LogP contribution in [-0.2, 0) is 21.2 Å². The summed E-state index contributed by atoms with van der Waals surface area (Å²) in [5, 5.41) is 8.73. The van der Waals surface area contributed by atoms with Crippen molar-refractivity contribution in [3.8, 4) is 5.75 Å². The maximum atomic E-state index is 13.8. The fourth-order valence-electron chi connectivity index (χ4n) is 5.06. The second kappa shape index (κ2) is 8.31. The zero-order chi connectivity index (χ0) is 24.8. The van der Waals surface area contributed by atoms with E-state index in [2.05, 4.69) is 20.9 Å². The molecule has 2 aliphatic rings. The number of carbonyl (C=O) groups excluding carboxylic acids is 2. The fourth-order valence-corrected chi connectivity index (χ4v) is 7.34. The van der Waals surface area contributed by atoms with E-state index in [9.17, 15) is 18.0 Å². The number of sulfone groups is 1. The van der Waals surface area contributed by atoms with Crippen LogP contribution in [0.25, 0.3) is 10.9 Å². The second-order valence-electron chi connectivity index (χ2n) is 9.09. The van der Waals surface area contributed by atoms with Crippen molar-refractivity contribution in [3.05, 3.63) is 65.9 Å². The number of pyridine rings is 1. The second-order valence-corrected chi connectivity index (χ2v) is 11.3. The first-order chi connectivity index (χ1) is 16.7. The Balaban J connectivity index is 1.41. The number of imide groups is 1. The number of nitrogens with one attached hydrogen (secondary N) is 3.